The van der Waals surface area contributed by atoms with Gasteiger partial charge in [0.15, 0.2) is 0 Å². The van der Waals surface area contributed by atoms with Crippen molar-refractivity contribution in [2.75, 3.05) is 11.4 Å². The van der Waals surface area contributed by atoms with Gasteiger partial charge >= 0.3 is 0 Å². The molecule has 1 amide bonds. The molecule has 2 aromatic rings. The average molecular weight is 357 g/mol. The van der Waals surface area contributed by atoms with Crippen molar-refractivity contribution in [2.45, 2.75) is 19.4 Å². The Kier molecular flexibility index (Phi) is 5.25. The van der Waals surface area contributed by atoms with E-state index in [9.17, 15) is 13.2 Å². The minimum atomic E-state index is -3.55. The third kappa shape index (κ3) is 4.74. The van der Waals surface area contributed by atoms with Gasteiger partial charge in [-0.3, -0.25) is 9.69 Å². The summed E-state index contributed by atoms with van der Waals surface area (Å²) in [6.45, 7) is 0.792. The lowest BCUT2D eigenvalue weighted by Crippen LogP contribution is -2.25. The van der Waals surface area contributed by atoms with Crippen LogP contribution in [0.2, 0.25) is 0 Å². The summed E-state index contributed by atoms with van der Waals surface area (Å²) in [6.07, 6.45) is 4.48. The van der Waals surface area contributed by atoms with Gasteiger partial charge < -0.3 is 0 Å². The molecule has 1 aliphatic rings. The molecular formula is C18H19N3O3S. The van der Waals surface area contributed by atoms with Gasteiger partial charge in [-0.2, -0.15) is 0 Å². The maximum absolute atomic E-state index is 12.1. The van der Waals surface area contributed by atoms with Crippen LogP contribution < -0.4 is 9.62 Å². The van der Waals surface area contributed by atoms with Crippen LogP contribution in [0.25, 0.3) is 6.08 Å². The van der Waals surface area contributed by atoms with Gasteiger partial charge in [0.25, 0.3) is 0 Å². The fourth-order valence-corrected chi connectivity index (χ4v) is 3.37. The molecule has 1 aromatic heterocycles. The molecule has 0 aliphatic carbocycles. The largest absolute Gasteiger partial charge is 0.297 e. The Morgan fingerprint density at radius 1 is 1.20 bits per heavy atom. The van der Waals surface area contributed by atoms with E-state index in [1.807, 2.05) is 30.3 Å². The summed E-state index contributed by atoms with van der Waals surface area (Å²) in [5.74, 6) is 0.620. The van der Waals surface area contributed by atoms with Gasteiger partial charge in [0.05, 0.1) is 0 Å². The summed E-state index contributed by atoms with van der Waals surface area (Å²) in [4.78, 5) is 17.6. The number of carbonyl (C=O) groups excluding carboxylic acids is 1. The first-order valence-corrected chi connectivity index (χ1v) is 9.56. The smallest absolute Gasteiger partial charge is 0.234 e. The van der Waals surface area contributed by atoms with Crippen LogP contribution in [-0.2, 0) is 21.4 Å². The highest BCUT2D eigenvalue weighted by atomic mass is 32.2. The first-order chi connectivity index (χ1) is 12.0. The number of nitrogens with zero attached hydrogens (tertiary/aromatic N) is 2. The summed E-state index contributed by atoms with van der Waals surface area (Å²) in [6, 6.07) is 12.7. The topological polar surface area (TPSA) is 79.4 Å². The number of rotatable bonds is 6. The lowest BCUT2D eigenvalue weighted by Gasteiger charge is -2.15. The summed E-state index contributed by atoms with van der Waals surface area (Å²) < 4.78 is 26.7. The predicted molar refractivity (Wildman–Crippen MR) is 97.1 cm³/mol. The molecular weight excluding hydrogens is 338 g/mol. The molecule has 25 heavy (non-hydrogen) atoms. The monoisotopic (exact) mass is 357 g/mol. The Balaban J connectivity index is 1.65. The number of aromatic nitrogens is 1. The molecule has 0 unspecified atom stereocenters. The first kappa shape index (κ1) is 17.3. The number of hydrogen-bond donors (Lipinski definition) is 1. The van der Waals surface area contributed by atoms with E-state index in [-0.39, 0.29) is 12.5 Å². The van der Waals surface area contributed by atoms with Crippen molar-refractivity contribution in [3.63, 3.8) is 0 Å². The molecule has 0 radical (unpaired) electrons. The summed E-state index contributed by atoms with van der Waals surface area (Å²) in [5, 5.41) is 1.15. The third-order valence-corrected chi connectivity index (χ3v) is 4.92. The summed E-state index contributed by atoms with van der Waals surface area (Å²) in [7, 11) is -3.55. The number of pyridine rings is 1. The van der Waals surface area contributed by atoms with Gasteiger partial charge in [0.2, 0.25) is 15.9 Å². The number of benzene rings is 1. The fourth-order valence-electron chi connectivity index (χ4n) is 2.57. The highest BCUT2D eigenvalue weighted by Crippen LogP contribution is 2.19. The maximum atomic E-state index is 12.1. The zero-order valence-corrected chi connectivity index (χ0v) is 14.4. The Labute approximate surface area is 147 Å². The molecule has 2 heterocycles. The Morgan fingerprint density at radius 3 is 2.72 bits per heavy atom. The van der Waals surface area contributed by atoms with Gasteiger partial charge in [-0.05, 0) is 35.8 Å². The van der Waals surface area contributed by atoms with Crippen LogP contribution in [0.3, 0.4) is 0 Å². The van der Waals surface area contributed by atoms with E-state index in [1.165, 1.54) is 0 Å². The lowest BCUT2D eigenvalue weighted by atomic mass is 10.2. The minimum Gasteiger partial charge on any atom is -0.297 e. The number of carbonyl (C=O) groups is 1. The predicted octanol–water partition coefficient (Wildman–Crippen LogP) is 2.30. The molecule has 130 valence electrons. The molecule has 1 saturated heterocycles. The van der Waals surface area contributed by atoms with Crippen LogP contribution in [0.4, 0.5) is 5.82 Å². The van der Waals surface area contributed by atoms with Crippen molar-refractivity contribution in [1.29, 1.82) is 0 Å². The van der Waals surface area contributed by atoms with E-state index in [1.54, 1.807) is 29.3 Å². The number of amides is 1. The molecule has 1 aliphatic heterocycles. The standard InChI is InChI=1S/C18H19N3O3S/c22-18-7-4-11-21(18)17-13-16(8-10-19-17)14-20-25(23,24)12-9-15-5-2-1-3-6-15/h1-3,5-6,8-10,12-13,20H,4,7,11,14H2/b12-9+. The van der Waals surface area contributed by atoms with Gasteiger partial charge in [-0.25, -0.2) is 18.1 Å². The Morgan fingerprint density at radius 2 is 2.00 bits per heavy atom. The molecule has 7 heteroatoms. The summed E-state index contributed by atoms with van der Waals surface area (Å²) >= 11 is 0. The number of hydrogen-bond acceptors (Lipinski definition) is 4. The van der Waals surface area contributed by atoms with Crippen molar-refractivity contribution in [3.8, 4) is 0 Å². The molecule has 0 bridgehead atoms. The second-order valence-corrected chi connectivity index (χ2v) is 7.40. The van der Waals surface area contributed by atoms with E-state index in [0.29, 0.717) is 18.8 Å². The molecule has 6 nitrogen and oxygen atoms in total. The number of nitrogens with one attached hydrogen (secondary N) is 1. The quantitative estimate of drug-likeness (QED) is 0.860. The molecule has 1 N–H and O–H groups in total. The van der Waals surface area contributed by atoms with Crippen LogP contribution in [0.1, 0.15) is 24.0 Å². The summed E-state index contributed by atoms with van der Waals surface area (Å²) in [5.41, 5.74) is 1.56. The van der Waals surface area contributed by atoms with Gasteiger partial charge in [0, 0.05) is 31.1 Å². The Hall–Kier alpha value is -2.51. The highest BCUT2D eigenvalue weighted by Gasteiger charge is 2.22. The zero-order valence-electron chi connectivity index (χ0n) is 13.6. The lowest BCUT2D eigenvalue weighted by molar-refractivity contribution is -0.117. The number of anilines is 1. The molecule has 0 saturated carbocycles. The third-order valence-electron chi connectivity index (χ3n) is 3.88. The second-order valence-electron chi connectivity index (χ2n) is 5.75. The maximum Gasteiger partial charge on any atom is 0.234 e. The minimum absolute atomic E-state index is 0.0519. The Bertz CT molecular complexity index is 879. The highest BCUT2D eigenvalue weighted by molar-refractivity contribution is 7.92. The van der Waals surface area contributed by atoms with E-state index < -0.39 is 10.0 Å². The van der Waals surface area contributed by atoms with Crippen molar-refractivity contribution in [2.24, 2.45) is 0 Å². The van der Waals surface area contributed by atoms with Crippen LogP contribution in [0, 0.1) is 0 Å². The normalized spacial score (nSPS) is 15.2. The van der Waals surface area contributed by atoms with E-state index in [0.717, 1.165) is 23.0 Å². The van der Waals surface area contributed by atoms with E-state index >= 15 is 0 Å². The molecule has 0 spiro atoms. The molecule has 1 aromatic carbocycles. The van der Waals surface area contributed by atoms with Crippen molar-refractivity contribution in [3.05, 3.63) is 65.2 Å². The SMILES string of the molecule is O=C1CCCN1c1cc(CNS(=O)(=O)/C=C/c2ccccc2)ccn1. The fraction of sp³-hybridized carbons (Fsp3) is 0.222. The van der Waals surface area contributed by atoms with Crippen molar-refractivity contribution in [1.82, 2.24) is 9.71 Å². The van der Waals surface area contributed by atoms with Crippen LogP contribution >= 0.6 is 0 Å². The van der Waals surface area contributed by atoms with Gasteiger partial charge in [-0.1, -0.05) is 30.3 Å². The number of sulfonamides is 1. The van der Waals surface area contributed by atoms with Crippen molar-refractivity contribution < 1.29 is 13.2 Å². The van der Waals surface area contributed by atoms with Crippen LogP contribution in [0.5, 0.6) is 0 Å². The molecule has 3 rings (SSSR count). The van der Waals surface area contributed by atoms with Gasteiger partial charge in [0.1, 0.15) is 5.82 Å². The van der Waals surface area contributed by atoms with E-state index in [2.05, 4.69) is 9.71 Å². The average Bonchev–Trinajstić information content (AvgIpc) is 3.06. The van der Waals surface area contributed by atoms with Crippen LogP contribution in [-0.4, -0.2) is 25.9 Å². The molecule has 1 fully saturated rings. The second kappa shape index (κ2) is 7.58. The first-order valence-electron chi connectivity index (χ1n) is 8.02. The van der Waals surface area contributed by atoms with Crippen LogP contribution in [0.15, 0.2) is 54.1 Å². The van der Waals surface area contributed by atoms with Crippen molar-refractivity contribution >= 4 is 27.8 Å². The van der Waals surface area contributed by atoms with Gasteiger partial charge in [-0.15, -0.1) is 0 Å². The zero-order chi connectivity index (χ0) is 17.7. The molecule has 0 atom stereocenters. The van der Waals surface area contributed by atoms with E-state index in [4.69, 9.17) is 0 Å².